The van der Waals surface area contributed by atoms with E-state index in [1.165, 1.54) is 0 Å². The lowest BCUT2D eigenvalue weighted by atomic mass is 9.97. The number of nitrogens with one attached hydrogen (secondary N) is 1. The normalized spacial score (nSPS) is 19.2. The van der Waals surface area contributed by atoms with Gasteiger partial charge in [0.15, 0.2) is 22.5 Å². The van der Waals surface area contributed by atoms with E-state index in [0.29, 0.717) is 24.4 Å². The molecule has 0 radical (unpaired) electrons. The number of halogens is 1. The second-order valence-electron chi connectivity index (χ2n) is 9.69. The molecule has 0 spiro atoms. The molecule has 2 saturated heterocycles. The number of nitrogens with zero attached hydrogens (tertiary/aromatic N) is 5. The molecule has 3 heterocycles. The van der Waals surface area contributed by atoms with Crippen molar-refractivity contribution >= 4 is 35.1 Å². The summed E-state index contributed by atoms with van der Waals surface area (Å²) in [5.74, 6) is 0.0796. The minimum Gasteiger partial charge on any atom is -0.395 e. The first kappa shape index (κ1) is 27.1. The average Bonchev–Trinajstić information content (AvgIpc) is 2.92. The number of piperazine rings is 1. The molecule has 11 heteroatoms. The number of nitrogens with two attached hydrogens (primary N) is 1. The third-order valence-corrected chi connectivity index (χ3v) is 7.55. The molecule has 1 aromatic carbocycles. The molecular formula is C26H36ClN7O3. The van der Waals surface area contributed by atoms with E-state index >= 15 is 0 Å². The Morgan fingerprint density at radius 1 is 1.14 bits per heavy atom. The van der Waals surface area contributed by atoms with Crippen molar-refractivity contribution in [1.29, 1.82) is 0 Å². The molecule has 200 valence electrons. The zero-order valence-electron chi connectivity index (χ0n) is 21.5. The van der Waals surface area contributed by atoms with E-state index in [1.54, 1.807) is 0 Å². The van der Waals surface area contributed by atoms with Crippen molar-refractivity contribution in [2.75, 3.05) is 56.5 Å². The number of nitrogen functional groups attached to an aromatic ring is 1. The molecule has 2 fully saturated rings. The van der Waals surface area contributed by atoms with Gasteiger partial charge in [-0.2, -0.15) is 0 Å². The summed E-state index contributed by atoms with van der Waals surface area (Å²) in [4.78, 5) is 40.4. The second kappa shape index (κ2) is 12.1. The molecule has 2 aliphatic heterocycles. The number of anilines is 2. The third kappa shape index (κ3) is 6.14. The number of aryl methyl sites for hydroxylation is 1. The van der Waals surface area contributed by atoms with Crippen LogP contribution in [0.5, 0.6) is 0 Å². The molecule has 37 heavy (non-hydrogen) atoms. The molecule has 4 N–H and O–H groups in total. The van der Waals surface area contributed by atoms with Gasteiger partial charge in [0.05, 0.1) is 6.61 Å². The number of benzene rings is 1. The van der Waals surface area contributed by atoms with Crippen LogP contribution in [0.3, 0.4) is 0 Å². The fourth-order valence-corrected chi connectivity index (χ4v) is 5.47. The van der Waals surface area contributed by atoms with Gasteiger partial charge >= 0.3 is 0 Å². The number of aromatic nitrogens is 2. The molecule has 0 unspecified atom stereocenters. The maximum Gasteiger partial charge on any atom is 0.273 e. The molecule has 1 atom stereocenters. The summed E-state index contributed by atoms with van der Waals surface area (Å²) in [7, 11) is 0. The minimum atomic E-state index is -0.518. The first-order valence-corrected chi connectivity index (χ1v) is 13.3. The number of hydrogen-bond acceptors (Lipinski definition) is 8. The lowest BCUT2D eigenvalue weighted by Crippen LogP contribution is -2.58. The maximum atomic E-state index is 12.9. The van der Waals surface area contributed by atoms with Crippen LogP contribution in [-0.2, 0) is 0 Å². The standard InChI is InChI=1S/C26H36ClN7O3/c1-3-19-16-33(24-22(27)30-21(23(28)31-24)25(36)29-10-15-35)13-14-34(19)20-8-11-32(12-9-20)26(37)18-6-4-17(2)5-7-18/h4-7,19-20,35H,3,8-16H2,1-2H3,(H2,28,31)(H,29,36)/t19-/m0/s1. The number of piperidine rings is 1. The zero-order valence-corrected chi connectivity index (χ0v) is 22.2. The largest absolute Gasteiger partial charge is 0.395 e. The van der Waals surface area contributed by atoms with E-state index in [-0.39, 0.29) is 35.7 Å². The fraction of sp³-hybridized carbons (Fsp3) is 0.538. The number of aliphatic hydroxyl groups is 1. The summed E-state index contributed by atoms with van der Waals surface area (Å²) < 4.78 is 0. The number of likely N-dealkylation sites (tertiary alicyclic amines) is 1. The van der Waals surface area contributed by atoms with E-state index < -0.39 is 5.91 Å². The summed E-state index contributed by atoms with van der Waals surface area (Å²) in [5, 5.41) is 11.6. The molecule has 0 saturated carbocycles. The Labute approximate surface area is 222 Å². The second-order valence-corrected chi connectivity index (χ2v) is 10.0. The monoisotopic (exact) mass is 529 g/mol. The SMILES string of the molecule is CC[C@H]1CN(c2nc(N)c(C(=O)NCCO)nc2Cl)CCN1C1CCN(C(=O)c2ccc(C)cc2)CC1. The van der Waals surface area contributed by atoms with Crippen LogP contribution in [0.1, 0.15) is 52.6 Å². The Morgan fingerprint density at radius 3 is 2.49 bits per heavy atom. The van der Waals surface area contributed by atoms with Gasteiger partial charge in [-0.15, -0.1) is 0 Å². The van der Waals surface area contributed by atoms with Gasteiger partial charge in [0, 0.05) is 56.9 Å². The number of hydrogen-bond donors (Lipinski definition) is 3. The van der Waals surface area contributed by atoms with Crippen LogP contribution >= 0.6 is 11.6 Å². The molecule has 2 aromatic rings. The third-order valence-electron chi connectivity index (χ3n) is 7.29. The number of carbonyl (C=O) groups excluding carboxylic acids is 2. The van der Waals surface area contributed by atoms with Crippen molar-refractivity contribution < 1.29 is 14.7 Å². The van der Waals surface area contributed by atoms with E-state index in [4.69, 9.17) is 22.4 Å². The molecule has 2 aliphatic rings. The molecule has 0 bridgehead atoms. The van der Waals surface area contributed by atoms with Crippen LogP contribution in [0.15, 0.2) is 24.3 Å². The van der Waals surface area contributed by atoms with Gasteiger partial charge < -0.3 is 26.0 Å². The zero-order chi connectivity index (χ0) is 26.5. The number of rotatable bonds is 7. The van der Waals surface area contributed by atoms with Crippen LogP contribution in [-0.4, -0.2) is 94.6 Å². The van der Waals surface area contributed by atoms with Crippen molar-refractivity contribution in [3.8, 4) is 0 Å². The summed E-state index contributed by atoms with van der Waals surface area (Å²) in [5.41, 5.74) is 7.90. The number of amides is 2. The van der Waals surface area contributed by atoms with Crippen LogP contribution < -0.4 is 16.0 Å². The van der Waals surface area contributed by atoms with Gasteiger partial charge in [0.25, 0.3) is 11.8 Å². The van der Waals surface area contributed by atoms with Gasteiger partial charge in [-0.05, 0) is 38.3 Å². The molecule has 1 aromatic heterocycles. The molecule has 10 nitrogen and oxygen atoms in total. The molecule has 4 rings (SSSR count). The van der Waals surface area contributed by atoms with Crippen molar-refractivity contribution in [3.05, 3.63) is 46.2 Å². The van der Waals surface area contributed by atoms with Gasteiger partial charge in [0.1, 0.15) is 0 Å². The topological polar surface area (TPSA) is 128 Å². The van der Waals surface area contributed by atoms with Crippen LogP contribution in [0.4, 0.5) is 11.6 Å². The Bertz CT molecular complexity index is 1110. The average molecular weight is 530 g/mol. The van der Waals surface area contributed by atoms with E-state index in [9.17, 15) is 9.59 Å². The van der Waals surface area contributed by atoms with E-state index in [0.717, 1.165) is 56.6 Å². The highest BCUT2D eigenvalue weighted by molar-refractivity contribution is 6.32. The van der Waals surface area contributed by atoms with Gasteiger partial charge in [-0.25, -0.2) is 9.97 Å². The lowest BCUT2D eigenvalue weighted by Gasteiger charge is -2.47. The van der Waals surface area contributed by atoms with Crippen molar-refractivity contribution in [2.45, 2.75) is 45.2 Å². The summed E-state index contributed by atoms with van der Waals surface area (Å²) in [6.07, 6.45) is 2.85. The van der Waals surface area contributed by atoms with E-state index in [1.807, 2.05) is 36.1 Å². The van der Waals surface area contributed by atoms with E-state index in [2.05, 4.69) is 32.0 Å². The van der Waals surface area contributed by atoms with Crippen molar-refractivity contribution in [2.24, 2.45) is 0 Å². The number of carbonyl (C=O) groups is 2. The first-order valence-electron chi connectivity index (χ1n) is 12.9. The van der Waals surface area contributed by atoms with Gasteiger partial charge in [0.2, 0.25) is 0 Å². The Morgan fingerprint density at radius 2 is 1.84 bits per heavy atom. The van der Waals surface area contributed by atoms with Gasteiger partial charge in [-0.3, -0.25) is 14.5 Å². The minimum absolute atomic E-state index is 0.0101. The fourth-order valence-electron chi connectivity index (χ4n) is 5.23. The molecular weight excluding hydrogens is 494 g/mol. The highest BCUT2D eigenvalue weighted by Crippen LogP contribution is 2.30. The summed E-state index contributed by atoms with van der Waals surface area (Å²) in [6.45, 7) is 7.88. The Kier molecular flexibility index (Phi) is 8.83. The Hall–Kier alpha value is -2.95. The summed E-state index contributed by atoms with van der Waals surface area (Å²) >= 11 is 6.44. The number of aliphatic hydroxyl groups excluding tert-OH is 1. The van der Waals surface area contributed by atoms with Crippen LogP contribution in [0, 0.1) is 6.92 Å². The quantitative estimate of drug-likeness (QED) is 0.496. The maximum absolute atomic E-state index is 12.9. The predicted molar refractivity (Wildman–Crippen MR) is 144 cm³/mol. The van der Waals surface area contributed by atoms with Crippen LogP contribution in [0.25, 0.3) is 0 Å². The van der Waals surface area contributed by atoms with Crippen LogP contribution in [0.2, 0.25) is 5.15 Å². The van der Waals surface area contributed by atoms with Gasteiger partial charge in [-0.1, -0.05) is 36.2 Å². The molecule has 0 aliphatic carbocycles. The highest BCUT2D eigenvalue weighted by atomic mass is 35.5. The predicted octanol–water partition coefficient (Wildman–Crippen LogP) is 1.95. The highest BCUT2D eigenvalue weighted by Gasteiger charge is 2.35. The summed E-state index contributed by atoms with van der Waals surface area (Å²) in [6, 6.07) is 8.49. The lowest BCUT2D eigenvalue weighted by molar-refractivity contribution is 0.0490. The van der Waals surface area contributed by atoms with Crippen molar-refractivity contribution in [3.63, 3.8) is 0 Å². The molecule has 2 amide bonds. The Balaban J connectivity index is 1.37. The van der Waals surface area contributed by atoms with Crippen molar-refractivity contribution in [1.82, 2.24) is 25.1 Å². The smallest absolute Gasteiger partial charge is 0.273 e. The first-order chi connectivity index (χ1) is 17.8.